The predicted molar refractivity (Wildman–Crippen MR) is 141 cm³/mol. The Labute approximate surface area is 211 Å². The zero-order valence-corrected chi connectivity index (χ0v) is 21.0. The quantitative estimate of drug-likeness (QED) is 0.342. The second kappa shape index (κ2) is 10.5. The number of fused-ring (bicyclic) bond motifs is 1. The number of ether oxygens (including phenoxy) is 1. The van der Waals surface area contributed by atoms with Crippen LogP contribution in [-0.2, 0) is 0 Å². The topological polar surface area (TPSA) is 57.7 Å². The Kier molecular flexibility index (Phi) is 7.08. The Bertz CT molecular complexity index is 1270. The van der Waals surface area contributed by atoms with Crippen molar-refractivity contribution < 1.29 is 9.53 Å². The molecule has 34 heavy (non-hydrogen) atoms. The van der Waals surface area contributed by atoms with Crippen LogP contribution in [0.3, 0.4) is 0 Å². The smallest absolute Gasteiger partial charge is 0.255 e. The Morgan fingerprint density at radius 1 is 1.00 bits per heavy atom. The Hall–Kier alpha value is -2.94. The highest BCUT2D eigenvalue weighted by molar-refractivity contribution is 9.10. The standard InChI is InChI=1S/C26H25BrN4O2S/c27-19-10-11-22-24(18-19)34-26(29-22)31-16-14-30(15-17-31)13-12-28-25(32)21-8-4-5-9-23(21)33-20-6-2-1-3-7-20/h1-11,18H,12-17H2,(H,28,32). The summed E-state index contributed by atoms with van der Waals surface area (Å²) in [7, 11) is 0. The number of hydrogen-bond donors (Lipinski definition) is 1. The van der Waals surface area contributed by atoms with Crippen molar-refractivity contribution in [2.75, 3.05) is 44.2 Å². The van der Waals surface area contributed by atoms with Gasteiger partial charge in [-0.3, -0.25) is 9.69 Å². The first-order valence-electron chi connectivity index (χ1n) is 11.3. The van der Waals surface area contributed by atoms with Crippen molar-refractivity contribution in [1.82, 2.24) is 15.2 Å². The zero-order chi connectivity index (χ0) is 23.3. The maximum absolute atomic E-state index is 12.8. The van der Waals surface area contributed by atoms with Crippen molar-refractivity contribution in [2.45, 2.75) is 0 Å². The summed E-state index contributed by atoms with van der Waals surface area (Å²) in [5.74, 6) is 1.15. The molecule has 0 bridgehead atoms. The minimum atomic E-state index is -0.120. The Morgan fingerprint density at radius 3 is 2.59 bits per heavy atom. The summed E-state index contributed by atoms with van der Waals surface area (Å²) in [4.78, 5) is 22.3. The van der Waals surface area contributed by atoms with Crippen molar-refractivity contribution in [3.63, 3.8) is 0 Å². The fourth-order valence-electron chi connectivity index (χ4n) is 3.97. The third-order valence-electron chi connectivity index (χ3n) is 5.80. The highest BCUT2D eigenvalue weighted by atomic mass is 79.9. The molecule has 1 fully saturated rings. The SMILES string of the molecule is O=C(NCCN1CCN(c2nc3ccc(Br)cc3s2)CC1)c1ccccc1Oc1ccccc1. The van der Waals surface area contributed by atoms with E-state index in [1.54, 1.807) is 17.4 Å². The van der Waals surface area contributed by atoms with Gasteiger partial charge in [-0.25, -0.2) is 4.98 Å². The highest BCUT2D eigenvalue weighted by Crippen LogP contribution is 2.31. The molecule has 1 saturated heterocycles. The molecule has 1 aliphatic heterocycles. The molecule has 0 radical (unpaired) electrons. The molecule has 2 heterocycles. The minimum Gasteiger partial charge on any atom is -0.457 e. The molecule has 3 aromatic carbocycles. The van der Waals surface area contributed by atoms with Gasteiger partial charge in [0.1, 0.15) is 11.5 Å². The van der Waals surface area contributed by atoms with Gasteiger partial charge in [0, 0.05) is 43.7 Å². The van der Waals surface area contributed by atoms with Crippen LogP contribution in [0.4, 0.5) is 5.13 Å². The van der Waals surface area contributed by atoms with Gasteiger partial charge in [0.2, 0.25) is 0 Å². The van der Waals surface area contributed by atoms with Crippen molar-refractivity contribution in [2.24, 2.45) is 0 Å². The number of nitrogens with one attached hydrogen (secondary N) is 1. The van der Waals surface area contributed by atoms with Gasteiger partial charge in [0.25, 0.3) is 5.91 Å². The van der Waals surface area contributed by atoms with Gasteiger partial charge < -0.3 is 15.0 Å². The molecule has 1 amide bonds. The van der Waals surface area contributed by atoms with Crippen LogP contribution in [0, 0.1) is 0 Å². The van der Waals surface area contributed by atoms with Crippen molar-refractivity contribution in [3.05, 3.63) is 82.8 Å². The number of nitrogens with zero attached hydrogens (tertiary/aromatic N) is 3. The molecular formula is C26H25BrN4O2S. The summed E-state index contributed by atoms with van der Waals surface area (Å²) in [6.45, 7) is 5.17. The Balaban J connectivity index is 1.11. The van der Waals surface area contributed by atoms with Gasteiger partial charge in [0.15, 0.2) is 5.13 Å². The Morgan fingerprint density at radius 2 is 1.76 bits per heavy atom. The van der Waals surface area contributed by atoms with E-state index >= 15 is 0 Å². The molecule has 0 spiro atoms. The van der Waals surface area contributed by atoms with Gasteiger partial charge in [-0.05, 0) is 42.5 Å². The van der Waals surface area contributed by atoms with Gasteiger partial charge in [0.05, 0.1) is 15.8 Å². The second-order valence-electron chi connectivity index (χ2n) is 8.10. The number of para-hydroxylation sites is 2. The van der Waals surface area contributed by atoms with Crippen LogP contribution in [0.2, 0.25) is 0 Å². The molecule has 4 aromatic rings. The molecule has 8 heteroatoms. The molecule has 1 N–H and O–H groups in total. The number of thiazole rings is 1. The first-order valence-corrected chi connectivity index (χ1v) is 12.9. The number of halogens is 1. The van der Waals surface area contributed by atoms with Crippen LogP contribution in [0.15, 0.2) is 77.3 Å². The molecule has 174 valence electrons. The lowest BCUT2D eigenvalue weighted by Gasteiger charge is -2.34. The number of hydrogen-bond acceptors (Lipinski definition) is 6. The van der Waals surface area contributed by atoms with E-state index in [1.807, 2.05) is 54.6 Å². The normalized spacial score (nSPS) is 14.3. The largest absolute Gasteiger partial charge is 0.457 e. The van der Waals surface area contributed by atoms with Crippen molar-refractivity contribution in [3.8, 4) is 11.5 Å². The number of amides is 1. The summed E-state index contributed by atoms with van der Waals surface area (Å²) in [5.41, 5.74) is 1.59. The molecule has 1 aromatic heterocycles. The number of benzene rings is 3. The van der Waals surface area contributed by atoms with Crippen molar-refractivity contribution in [1.29, 1.82) is 0 Å². The van der Waals surface area contributed by atoms with Crippen LogP contribution in [-0.4, -0.2) is 55.1 Å². The molecule has 0 aliphatic carbocycles. The average molecular weight is 537 g/mol. The molecule has 5 rings (SSSR count). The molecule has 6 nitrogen and oxygen atoms in total. The monoisotopic (exact) mass is 536 g/mol. The number of anilines is 1. The zero-order valence-electron chi connectivity index (χ0n) is 18.6. The molecule has 1 aliphatic rings. The van der Waals surface area contributed by atoms with E-state index < -0.39 is 0 Å². The summed E-state index contributed by atoms with van der Waals surface area (Å²) in [6.07, 6.45) is 0. The minimum absolute atomic E-state index is 0.120. The maximum Gasteiger partial charge on any atom is 0.255 e. The van der Waals surface area contributed by atoms with Crippen molar-refractivity contribution >= 4 is 48.5 Å². The first-order chi connectivity index (χ1) is 16.7. The lowest BCUT2D eigenvalue weighted by atomic mass is 10.2. The van der Waals surface area contributed by atoms with Crippen LogP contribution < -0.4 is 15.0 Å². The van der Waals surface area contributed by atoms with Crippen LogP contribution in [0.1, 0.15) is 10.4 Å². The van der Waals surface area contributed by atoms with E-state index in [2.05, 4.69) is 43.2 Å². The number of carbonyl (C=O) groups is 1. The third kappa shape index (κ3) is 5.41. The van der Waals surface area contributed by atoms with E-state index in [1.165, 1.54) is 4.70 Å². The molecule has 0 saturated carbocycles. The molecule has 0 unspecified atom stereocenters. The van der Waals surface area contributed by atoms with E-state index in [-0.39, 0.29) is 5.91 Å². The average Bonchev–Trinajstić information content (AvgIpc) is 3.28. The number of rotatable bonds is 7. The van der Waals surface area contributed by atoms with E-state index in [4.69, 9.17) is 9.72 Å². The van der Waals surface area contributed by atoms with E-state index in [0.717, 1.165) is 47.8 Å². The lowest BCUT2D eigenvalue weighted by Crippen LogP contribution is -2.48. The molecule has 0 atom stereocenters. The fourth-order valence-corrected chi connectivity index (χ4v) is 5.53. The van der Waals surface area contributed by atoms with Crippen LogP contribution in [0.5, 0.6) is 11.5 Å². The van der Waals surface area contributed by atoms with E-state index in [9.17, 15) is 4.79 Å². The van der Waals surface area contributed by atoms with Crippen LogP contribution in [0.25, 0.3) is 10.2 Å². The summed E-state index contributed by atoms with van der Waals surface area (Å²) < 4.78 is 8.20. The number of carbonyl (C=O) groups excluding carboxylic acids is 1. The van der Waals surface area contributed by atoms with Crippen LogP contribution >= 0.6 is 27.3 Å². The van der Waals surface area contributed by atoms with Gasteiger partial charge in [-0.2, -0.15) is 0 Å². The number of piperazine rings is 1. The summed E-state index contributed by atoms with van der Waals surface area (Å²) in [6, 6.07) is 23.1. The lowest BCUT2D eigenvalue weighted by molar-refractivity contribution is 0.0945. The first kappa shape index (κ1) is 22.8. The molecular weight excluding hydrogens is 512 g/mol. The summed E-state index contributed by atoms with van der Waals surface area (Å²) in [5, 5.41) is 4.13. The van der Waals surface area contributed by atoms with E-state index in [0.29, 0.717) is 23.6 Å². The highest BCUT2D eigenvalue weighted by Gasteiger charge is 2.20. The van der Waals surface area contributed by atoms with Gasteiger partial charge in [-0.1, -0.05) is 57.6 Å². The maximum atomic E-state index is 12.8. The summed E-state index contributed by atoms with van der Waals surface area (Å²) >= 11 is 5.27. The van der Waals surface area contributed by atoms with Gasteiger partial charge >= 0.3 is 0 Å². The van der Waals surface area contributed by atoms with Gasteiger partial charge in [-0.15, -0.1) is 0 Å². The predicted octanol–water partition coefficient (Wildman–Crippen LogP) is 5.40. The second-order valence-corrected chi connectivity index (χ2v) is 10.0. The third-order valence-corrected chi connectivity index (χ3v) is 7.37. The number of aromatic nitrogens is 1. The fraction of sp³-hybridized carbons (Fsp3) is 0.231.